The molecule has 0 saturated carbocycles. The summed E-state index contributed by atoms with van der Waals surface area (Å²) in [5, 5.41) is 0. The van der Waals surface area contributed by atoms with Crippen molar-refractivity contribution in [3.05, 3.63) is 96.5 Å². The van der Waals surface area contributed by atoms with Crippen molar-refractivity contribution < 1.29 is 4.39 Å². The highest BCUT2D eigenvalue weighted by atomic mass is 19.1. The molecule has 2 heterocycles. The smallest absolute Gasteiger partial charge is 0.123 e. The number of fused-ring (bicyclic) bond motifs is 1. The van der Waals surface area contributed by atoms with Crippen LogP contribution in [0.1, 0.15) is 24.1 Å². The van der Waals surface area contributed by atoms with Crippen LogP contribution in [0.5, 0.6) is 0 Å². The van der Waals surface area contributed by atoms with Crippen LogP contribution in [0.25, 0.3) is 27.7 Å². The number of benzene rings is 2. The van der Waals surface area contributed by atoms with Crippen molar-refractivity contribution in [3.63, 3.8) is 0 Å². The van der Waals surface area contributed by atoms with Crippen LogP contribution in [-0.2, 0) is 6.42 Å². The first kappa shape index (κ1) is 20.2. The Morgan fingerprint density at radius 3 is 2.68 bits per heavy atom. The summed E-state index contributed by atoms with van der Waals surface area (Å²) in [5.74, 6) is 0.487. The third-order valence-electron chi connectivity index (χ3n) is 4.99. The third-order valence-corrected chi connectivity index (χ3v) is 4.99. The quantitative estimate of drug-likeness (QED) is 0.408. The first-order valence-electron chi connectivity index (χ1n) is 9.88. The molecule has 0 aliphatic heterocycles. The van der Waals surface area contributed by atoms with Crippen LogP contribution in [0.3, 0.4) is 0 Å². The van der Waals surface area contributed by atoms with E-state index in [2.05, 4.69) is 16.6 Å². The number of hydrogen-bond acceptors (Lipinski definition) is 4. The maximum absolute atomic E-state index is 13.3. The first-order chi connectivity index (χ1) is 15.1. The Hall–Kier alpha value is -4.06. The highest BCUT2D eigenvalue weighted by Gasteiger charge is 2.13. The van der Waals surface area contributed by atoms with Crippen LogP contribution < -0.4 is 5.73 Å². The molecule has 2 aromatic heterocycles. The molecule has 0 aliphatic carbocycles. The molecular weight excluding hydrogens is 389 g/mol. The van der Waals surface area contributed by atoms with Gasteiger partial charge >= 0.3 is 0 Å². The van der Waals surface area contributed by atoms with Gasteiger partial charge in [-0.15, -0.1) is 0 Å². The lowest BCUT2D eigenvalue weighted by atomic mass is 10.0. The molecule has 0 atom stereocenters. The molecule has 5 nitrogen and oxygen atoms in total. The molecule has 0 amide bonds. The van der Waals surface area contributed by atoms with E-state index in [1.807, 2.05) is 43.3 Å². The van der Waals surface area contributed by atoms with E-state index in [4.69, 9.17) is 15.7 Å². The molecule has 0 bridgehead atoms. The summed E-state index contributed by atoms with van der Waals surface area (Å²) < 4.78 is 13.3. The molecule has 0 radical (unpaired) electrons. The van der Waals surface area contributed by atoms with Crippen molar-refractivity contribution in [2.24, 2.45) is 4.99 Å². The number of nitrogen functional groups attached to an aromatic ring is 1. The number of para-hydroxylation sites is 1. The van der Waals surface area contributed by atoms with Crippen molar-refractivity contribution in [2.45, 2.75) is 13.3 Å². The predicted octanol–water partition coefficient (Wildman–Crippen LogP) is 5.55. The maximum Gasteiger partial charge on any atom is 0.123 e. The Labute approximate surface area is 179 Å². The summed E-state index contributed by atoms with van der Waals surface area (Å²) >= 11 is 0. The van der Waals surface area contributed by atoms with E-state index in [-0.39, 0.29) is 5.82 Å². The van der Waals surface area contributed by atoms with Crippen molar-refractivity contribution in [2.75, 3.05) is 5.73 Å². The van der Waals surface area contributed by atoms with E-state index in [1.165, 1.54) is 18.3 Å². The standard InChI is InChI=1S/C25H22FN5/c1-3-16(15-28-4-2)21-13-12-20(27)23(29-21)14-24-30-22-7-5-6-19(25(22)31-24)17-8-10-18(26)11-9-17/h3-13,15H,2,14,27H2,1H3,(H,30,31)/b16-3+,28-15?. The number of hydrogen-bond donors (Lipinski definition) is 2. The van der Waals surface area contributed by atoms with E-state index in [0.29, 0.717) is 12.1 Å². The molecule has 0 unspecified atom stereocenters. The molecule has 0 spiro atoms. The monoisotopic (exact) mass is 411 g/mol. The molecule has 2 aromatic carbocycles. The molecule has 6 heteroatoms. The topological polar surface area (TPSA) is 80.0 Å². The summed E-state index contributed by atoms with van der Waals surface area (Å²) in [6.07, 6.45) is 5.58. The minimum absolute atomic E-state index is 0.265. The van der Waals surface area contributed by atoms with Crippen LogP contribution in [0, 0.1) is 5.82 Å². The Balaban J connectivity index is 1.70. The first-order valence-corrected chi connectivity index (χ1v) is 9.88. The highest BCUT2D eigenvalue weighted by molar-refractivity contribution is 6.09. The number of imidazole rings is 1. The molecule has 4 rings (SSSR count). The van der Waals surface area contributed by atoms with Gasteiger partial charge in [-0.3, -0.25) is 9.98 Å². The molecule has 0 fully saturated rings. The number of H-pyrrole nitrogens is 1. The number of nitrogens with one attached hydrogen (secondary N) is 1. The average molecular weight is 411 g/mol. The molecule has 154 valence electrons. The van der Waals surface area contributed by atoms with E-state index < -0.39 is 0 Å². The van der Waals surface area contributed by atoms with E-state index >= 15 is 0 Å². The Morgan fingerprint density at radius 2 is 1.94 bits per heavy atom. The number of pyridine rings is 1. The largest absolute Gasteiger partial charge is 0.397 e. The number of nitrogens with two attached hydrogens (primary N) is 1. The summed E-state index contributed by atoms with van der Waals surface area (Å²) in [7, 11) is 0. The number of allylic oxidation sites excluding steroid dienone is 2. The average Bonchev–Trinajstić information content (AvgIpc) is 3.19. The number of aromatic nitrogens is 3. The fourth-order valence-corrected chi connectivity index (χ4v) is 3.42. The van der Waals surface area contributed by atoms with Gasteiger partial charge in [-0.05, 0) is 42.8 Å². The van der Waals surface area contributed by atoms with Crippen LogP contribution in [0.15, 0.2) is 78.4 Å². The van der Waals surface area contributed by atoms with Gasteiger partial charge in [0, 0.05) is 23.6 Å². The van der Waals surface area contributed by atoms with Gasteiger partial charge in [0.1, 0.15) is 11.6 Å². The summed E-state index contributed by atoms with van der Waals surface area (Å²) in [6, 6.07) is 16.0. The van der Waals surface area contributed by atoms with Gasteiger partial charge in [-0.2, -0.15) is 0 Å². The number of rotatable bonds is 6. The zero-order valence-corrected chi connectivity index (χ0v) is 17.1. The van der Waals surface area contributed by atoms with Gasteiger partial charge in [0.05, 0.1) is 34.5 Å². The van der Waals surface area contributed by atoms with Crippen molar-refractivity contribution >= 4 is 28.5 Å². The lowest BCUT2D eigenvalue weighted by Crippen LogP contribution is -2.03. The minimum Gasteiger partial charge on any atom is -0.397 e. The van der Waals surface area contributed by atoms with Gasteiger partial charge < -0.3 is 10.7 Å². The van der Waals surface area contributed by atoms with Gasteiger partial charge in [0.15, 0.2) is 0 Å². The second-order valence-corrected chi connectivity index (χ2v) is 7.01. The molecule has 0 saturated heterocycles. The Kier molecular flexibility index (Phi) is 5.71. The molecular formula is C25H22FN5. The molecule has 0 aliphatic rings. The highest BCUT2D eigenvalue weighted by Crippen LogP contribution is 2.28. The van der Waals surface area contributed by atoms with Crippen molar-refractivity contribution in [3.8, 4) is 11.1 Å². The van der Waals surface area contributed by atoms with Crippen LogP contribution in [0.2, 0.25) is 0 Å². The van der Waals surface area contributed by atoms with Gasteiger partial charge in [0.2, 0.25) is 0 Å². The number of anilines is 1. The van der Waals surface area contributed by atoms with Gasteiger partial charge in [-0.1, -0.05) is 36.9 Å². The van der Waals surface area contributed by atoms with Gasteiger partial charge in [-0.25, -0.2) is 9.37 Å². The Bertz CT molecular complexity index is 1300. The maximum atomic E-state index is 13.3. The fraction of sp³-hybridized carbons (Fsp3) is 0.0800. The zero-order valence-electron chi connectivity index (χ0n) is 17.1. The van der Waals surface area contributed by atoms with Crippen molar-refractivity contribution in [1.82, 2.24) is 15.0 Å². The van der Waals surface area contributed by atoms with Crippen LogP contribution in [-0.4, -0.2) is 21.2 Å². The fourth-order valence-electron chi connectivity index (χ4n) is 3.42. The Morgan fingerprint density at radius 1 is 1.13 bits per heavy atom. The molecule has 4 aromatic rings. The number of aliphatic imine (C=N–C) groups is 1. The van der Waals surface area contributed by atoms with Crippen molar-refractivity contribution in [1.29, 1.82) is 0 Å². The van der Waals surface area contributed by atoms with Gasteiger partial charge in [0.25, 0.3) is 0 Å². The third kappa shape index (κ3) is 4.28. The summed E-state index contributed by atoms with van der Waals surface area (Å²) in [4.78, 5) is 17.0. The van der Waals surface area contributed by atoms with E-state index in [1.54, 1.807) is 18.3 Å². The minimum atomic E-state index is -0.265. The number of aromatic amines is 1. The van der Waals surface area contributed by atoms with E-state index in [9.17, 15) is 4.39 Å². The molecule has 3 N–H and O–H groups in total. The summed E-state index contributed by atoms with van der Waals surface area (Å²) in [5.41, 5.74) is 12.8. The SMILES string of the molecule is C=CN=C/C(=C\C)c1ccc(N)c(Cc2nc3c(-c4ccc(F)cc4)cccc3[nH]2)n1. The normalized spacial score (nSPS) is 12.0. The second kappa shape index (κ2) is 8.75. The van der Waals surface area contributed by atoms with Crippen LogP contribution in [0.4, 0.5) is 10.1 Å². The summed E-state index contributed by atoms with van der Waals surface area (Å²) in [6.45, 7) is 5.53. The lowest BCUT2D eigenvalue weighted by Gasteiger charge is -2.07. The zero-order chi connectivity index (χ0) is 21.8. The van der Waals surface area contributed by atoms with Crippen LogP contribution >= 0.6 is 0 Å². The lowest BCUT2D eigenvalue weighted by molar-refractivity contribution is 0.628. The second-order valence-electron chi connectivity index (χ2n) is 7.01. The predicted molar refractivity (Wildman–Crippen MR) is 125 cm³/mol. The number of nitrogens with zero attached hydrogens (tertiary/aromatic N) is 3. The number of halogens is 1. The molecule has 31 heavy (non-hydrogen) atoms. The van der Waals surface area contributed by atoms with E-state index in [0.717, 1.165) is 44.9 Å².